The van der Waals surface area contributed by atoms with Crippen LogP contribution in [0, 0.1) is 0 Å². The molecule has 18 heavy (non-hydrogen) atoms. The van der Waals surface area contributed by atoms with Gasteiger partial charge >= 0.3 is 6.03 Å². The molecular weight excluding hydrogens is 232 g/mol. The highest BCUT2D eigenvalue weighted by atomic mass is 16.5. The van der Waals surface area contributed by atoms with Crippen LogP contribution in [0.4, 0.5) is 16.2 Å². The third-order valence-corrected chi connectivity index (χ3v) is 2.99. The third kappa shape index (κ3) is 2.70. The molecule has 98 valence electrons. The summed E-state index contributed by atoms with van der Waals surface area (Å²) in [5.74, 6) is 0. The minimum absolute atomic E-state index is 0.157. The number of aromatic nitrogens is 1. The molecule has 1 fully saturated rings. The average Bonchev–Trinajstić information content (AvgIpc) is 2.46. The first kappa shape index (κ1) is 12.6. The zero-order valence-corrected chi connectivity index (χ0v) is 10.7. The lowest BCUT2D eigenvalue weighted by Crippen LogP contribution is -2.37. The fourth-order valence-corrected chi connectivity index (χ4v) is 1.88. The molecule has 2 amide bonds. The molecular formula is C12H18N4O2. The summed E-state index contributed by atoms with van der Waals surface area (Å²) >= 11 is 0. The first-order valence-electron chi connectivity index (χ1n) is 5.95. The third-order valence-electron chi connectivity index (χ3n) is 2.99. The van der Waals surface area contributed by atoms with Gasteiger partial charge in [-0.2, -0.15) is 0 Å². The van der Waals surface area contributed by atoms with E-state index in [1.165, 1.54) is 4.90 Å². The van der Waals surface area contributed by atoms with Gasteiger partial charge in [0.15, 0.2) is 0 Å². The van der Waals surface area contributed by atoms with Crippen molar-refractivity contribution in [2.45, 2.75) is 0 Å². The number of ether oxygens (including phenoxy) is 1. The maximum absolute atomic E-state index is 11.6. The van der Waals surface area contributed by atoms with Crippen LogP contribution < -0.4 is 15.1 Å². The summed E-state index contributed by atoms with van der Waals surface area (Å²) in [5, 5.41) is 2.59. The number of hydrogen-bond donors (Lipinski definition) is 1. The number of anilines is 2. The Hall–Kier alpha value is -1.82. The molecule has 0 saturated carbocycles. The molecule has 1 aromatic heterocycles. The van der Waals surface area contributed by atoms with Crippen LogP contribution in [0.3, 0.4) is 0 Å². The van der Waals surface area contributed by atoms with E-state index < -0.39 is 0 Å². The molecule has 0 bridgehead atoms. The predicted molar refractivity (Wildman–Crippen MR) is 70.1 cm³/mol. The second-order valence-electron chi connectivity index (χ2n) is 4.11. The zero-order chi connectivity index (χ0) is 13.0. The highest BCUT2D eigenvalue weighted by molar-refractivity contribution is 5.91. The maximum Gasteiger partial charge on any atom is 0.321 e. The van der Waals surface area contributed by atoms with Crippen molar-refractivity contribution in [3.8, 4) is 0 Å². The molecule has 1 aliphatic rings. The van der Waals surface area contributed by atoms with Crippen LogP contribution in [0.25, 0.3) is 0 Å². The lowest BCUT2D eigenvalue weighted by atomic mass is 10.3. The minimum Gasteiger partial charge on any atom is -0.378 e. The van der Waals surface area contributed by atoms with Gasteiger partial charge in [0.25, 0.3) is 0 Å². The topological polar surface area (TPSA) is 57.7 Å². The first-order chi connectivity index (χ1) is 8.72. The highest BCUT2D eigenvalue weighted by Crippen LogP contribution is 2.21. The largest absolute Gasteiger partial charge is 0.378 e. The Labute approximate surface area is 107 Å². The second-order valence-corrected chi connectivity index (χ2v) is 4.11. The van der Waals surface area contributed by atoms with Crippen LogP contribution >= 0.6 is 0 Å². The van der Waals surface area contributed by atoms with E-state index in [0.717, 1.165) is 37.7 Å². The fourth-order valence-electron chi connectivity index (χ4n) is 1.88. The van der Waals surface area contributed by atoms with E-state index in [2.05, 4.69) is 15.2 Å². The maximum atomic E-state index is 11.6. The van der Waals surface area contributed by atoms with Crippen molar-refractivity contribution in [1.82, 2.24) is 10.3 Å². The Morgan fingerprint density at radius 1 is 1.44 bits per heavy atom. The quantitative estimate of drug-likeness (QED) is 0.839. The summed E-state index contributed by atoms with van der Waals surface area (Å²) in [5.41, 5.74) is 1.80. The van der Waals surface area contributed by atoms with Crippen molar-refractivity contribution in [1.29, 1.82) is 0 Å². The Kier molecular flexibility index (Phi) is 3.99. The van der Waals surface area contributed by atoms with Crippen LogP contribution in [-0.4, -0.2) is 51.4 Å². The lowest BCUT2D eigenvalue weighted by molar-refractivity contribution is 0.122. The van der Waals surface area contributed by atoms with Gasteiger partial charge in [0.2, 0.25) is 0 Å². The van der Waals surface area contributed by atoms with Gasteiger partial charge in [0.05, 0.1) is 37.0 Å². The summed E-state index contributed by atoms with van der Waals surface area (Å²) in [6.07, 6.45) is 3.49. The molecule has 0 aliphatic carbocycles. The molecule has 2 heterocycles. The zero-order valence-electron chi connectivity index (χ0n) is 10.7. The number of hydrogen-bond acceptors (Lipinski definition) is 4. The summed E-state index contributed by atoms with van der Waals surface area (Å²) < 4.78 is 5.32. The van der Waals surface area contributed by atoms with Gasteiger partial charge in [0.1, 0.15) is 0 Å². The molecule has 0 spiro atoms. The number of carbonyl (C=O) groups excluding carboxylic acids is 1. The molecule has 1 N–H and O–H groups in total. The van der Waals surface area contributed by atoms with Crippen LogP contribution in [0.1, 0.15) is 0 Å². The van der Waals surface area contributed by atoms with Crippen molar-refractivity contribution < 1.29 is 9.53 Å². The molecule has 0 aromatic carbocycles. The lowest BCUT2D eigenvalue weighted by Gasteiger charge is -2.29. The van der Waals surface area contributed by atoms with Gasteiger partial charge in [-0.05, 0) is 6.07 Å². The molecule has 0 atom stereocenters. The van der Waals surface area contributed by atoms with Gasteiger partial charge in [-0.1, -0.05) is 0 Å². The Bertz CT molecular complexity index is 418. The van der Waals surface area contributed by atoms with Crippen LogP contribution in [0.15, 0.2) is 18.5 Å². The summed E-state index contributed by atoms with van der Waals surface area (Å²) in [4.78, 5) is 19.5. The van der Waals surface area contributed by atoms with Crippen molar-refractivity contribution in [2.24, 2.45) is 0 Å². The Morgan fingerprint density at radius 3 is 2.83 bits per heavy atom. The summed E-state index contributed by atoms with van der Waals surface area (Å²) in [7, 11) is 3.33. The molecule has 6 nitrogen and oxygen atoms in total. The Balaban J connectivity index is 2.16. The standard InChI is InChI=1S/C12H18N4O2/c1-13-12(17)15(2)10-7-11(9-14-8-10)16-3-5-18-6-4-16/h7-9H,3-6H2,1-2H3,(H,13,17). The van der Waals surface area contributed by atoms with E-state index >= 15 is 0 Å². The number of pyridine rings is 1. The average molecular weight is 250 g/mol. The van der Waals surface area contributed by atoms with E-state index in [4.69, 9.17) is 4.74 Å². The van der Waals surface area contributed by atoms with E-state index in [9.17, 15) is 4.79 Å². The number of amides is 2. The van der Waals surface area contributed by atoms with Gasteiger partial charge < -0.3 is 15.0 Å². The van der Waals surface area contributed by atoms with Gasteiger partial charge in [0, 0.05) is 27.2 Å². The van der Waals surface area contributed by atoms with Gasteiger partial charge in [-0.15, -0.1) is 0 Å². The molecule has 6 heteroatoms. The highest BCUT2D eigenvalue weighted by Gasteiger charge is 2.14. The van der Waals surface area contributed by atoms with Crippen molar-refractivity contribution in [2.75, 3.05) is 50.2 Å². The predicted octanol–water partition coefficient (Wildman–Crippen LogP) is 0.694. The summed E-state index contributed by atoms with van der Waals surface area (Å²) in [6.45, 7) is 3.18. The van der Waals surface area contributed by atoms with Crippen LogP contribution in [0.5, 0.6) is 0 Å². The summed E-state index contributed by atoms with van der Waals surface area (Å²) in [6, 6.07) is 1.81. The molecule has 0 radical (unpaired) electrons. The second kappa shape index (κ2) is 5.68. The Morgan fingerprint density at radius 2 is 2.17 bits per heavy atom. The number of nitrogens with one attached hydrogen (secondary N) is 1. The number of nitrogens with zero attached hydrogens (tertiary/aromatic N) is 3. The smallest absolute Gasteiger partial charge is 0.321 e. The van der Waals surface area contributed by atoms with E-state index in [0.29, 0.717) is 0 Å². The number of rotatable bonds is 2. The molecule has 0 unspecified atom stereocenters. The molecule has 1 saturated heterocycles. The van der Waals surface area contributed by atoms with E-state index in [1.54, 1.807) is 20.3 Å². The molecule has 1 aromatic rings. The van der Waals surface area contributed by atoms with Gasteiger partial charge in [-0.3, -0.25) is 9.88 Å². The minimum atomic E-state index is -0.157. The van der Waals surface area contributed by atoms with E-state index in [-0.39, 0.29) is 6.03 Å². The fraction of sp³-hybridized carbons (Fsp3) is 0.500. The van der Waals surface area contributed by atoms with Crippen molar-refractivity contribution in [3.63, 3.8) is 0 Å². The monoisotopic (exact) mass is 250 g/mol. The SMILES string of the molecule is CNC(=O)N(C)c1cncc(N2CCOCC2)c1. The first-order valence-corrected chi connectivity index (χ1v) is 5.95. The van der Waals surface area contributed by atoms with E-state index in [1.807, 2.05) is 12.3 Å². The molecule has 2 rings (SSSR count). The van der Waals surface area contributed by atoms with Crippen molar-refractivity contribution in [3.05, 3.63) is 18.5 Å². The van der Waals surface area contributed by atoms with Crippen molar-refractivity contribution >= 4 is 17.4 Å². The van der Waals surface area contributed by atoms with Crippen LogP contribution in [0.2, 0.25) is 0 Å². The number of carbonyl (C=O) groups is 1. The molecule has 1 aliphatic heterocycles. The number of urea groups is 1. The normalized spacial score (nSPS) is 15.3. The van der Waals surface area contributed by atoms with Gasteiger partial charge in [-0.25, -0.2) is 4.79 Å². The van der Waals surface area contributed by atoms with Crippen LogP contribution in [-0.2, 0) is 4.74 Å². The number of morpholine rings is 1.